The molecule has 0 aliphatic heterocycles. The van der Waals surface area contributed by atoms with Gasteiger partial charge in [0.25, 0.3) is 0 Å². The lowest BCUT2D eigenvalue weighted by atomic mass is 10.2. The fourth-order valence-corrected chi connectivity index (χ4v) is 2.72. The van der Waals surface area contributed by atoms with Crippen molar-refractivity contribution in [1.29, 1.82) is 0 Å². The van der Waals surface area contributed by atoms with Crippen molar-refractivity contribution in [3.8, 4) is 0 Å². The number of thioether (sulfide) groups is 1. The smallest absolute Gasteiger partial charge is 0.326 e. The standard InChI is InChI=1S/C12H14ClNO3S2/c1-18-7-6-9(12(16)17)14-11(15)5-3-8-2-4-10(13)19-8/h2-5,9H,6-7H2,1H3,(H,14,15)(H,16,17)/b5-3+. The zero-order valence-electron chi connectivity index (χ0n) is 10.3. The number of carboxylic acids is 1. The van der Waals surface area contributed by atoms with E-state index < -0.39 is 17.9 Å². The van der Waals surface area contributed by atoms with E-state index in [2.05, 4.69) is 5.32 Å². The van der Waals surface area contributed by atoms with Crippen molar-refractivity contribution in [2.24, 2.45) is 0 Å². The number of aliphatic carboxylic acids is 1. The van der Waals surface area contributed by atoms with Gasteiger partial charge in [0, 0.05) is 11.0 Å². The molecule has 1 amide bonds. The normalized spacial score (nSPS) is 12.5. The highest BCUT2D eigenvalue weighted by molar-refractivity contribution is 7.98. The molecule has 104 valence electrons. The topological polar surface area (TPSA) is 66.4 Å². The molecule has 2 N–H and O–H groups in total. The summed E-state index contributed by atoms with van der Waals surface area (Å²) >= 11 is 8.65. The highest BCUT2D eigenvalue weighted by Crippen LogP contribution is 2.22. The Morgan fingerprint density at radius 2 is 2.32 bits per heavy atom. The molecule has 7 heteroatoms. The van der Waals surface area contributed by atoms with Crippen LogP contribution in [0.15, 0.2) is 18.2 Å². The van der Waals surface area contributed by atoms with Crippen molar-refractivity contribution in [2.45, 2.75) is 12.5 Å². The van der Waals surface area contributed by atoms with Gasteiger partial charge >= 0.3 is 5.97 Å². The van der Waals surface area contributed by atoms with Gasteiger partial charge in [-0.05, 0) is 36.6 Å². The van der Waals surface area contributed by atoms with Crippen LogP contribution in [0.25, 0.3) is 6.08 Å². The molecule has 0 aliphatic carbocycles. The van der Waals surface area contributed by atoms with Crippen molar-refractivity contribution >= 4 is 52.7 Å². The minimum atomic E-state index is -1.02. The van der Waals surface area contributed by atoms with E-state index in [0.29, 0.717) is 16.5 Å². The predicted molar refractivity (Wildman–Crippen MR) is 80.9 cm³/mol. The lowest BCUT2D eigenvalue weighted by molar-refractivity contribution is -0.141. The Hall–Kier alpha value is -0.980. The van der Waals surface area contributed by atoms with Crippen LogP contribution in [0.2, 0.25) is 4.34 Å². The van der Waals surface area contributed by atoms with Crippen LogP contribution in [-0.4, -0.2) is 35.0 Å². The van der Waals surface area contributed by atoms with E-state index in [4.69, 9.17) is 16.7 Å². The molecule has 4 nitrogen and oxygen atoms in total. The van der Waals surface area contributed by atoms with Crippen molar-refractivity contribution < 1.29 is 14.7 Å². The first-order valence-corrected chi connectivity index (χ1v) is 8.07. The first kappa shape index (κ1) is 16.1. The summed E-state index contributed by atoms with van der Waals surface area (Å²) in [6.45, 7) is 0. The molecule has 0 fully saturated rings. The first-order valence-electron chi connectivity index (χ1n) is 5.48. The van der Waals surface area contributed by atoms with Crippen LogP contribution in [0.1, 0.15) is 11.3 Å². The van der Waals surface area contributed by atoms with Gasteiger partial charge in [-0.15, -0.1) is 11.3 Å². The summed E-state index contributed by atoms with van der Waals surface area (Å²) in [4.78, 5) is 23.4. The van der Waals surface area contributed by atoms with E-state index in [-0.39, 0.29) is 0 Å². The van der Waals surface area contributed by atoms with Gasteiger partial charge in [0.15, 0.2) is 0 Å². The summed E-state index contributed by atoms with van der Waals surface area (Å²) in [5.74, 6) is -0.755. The molecular formula is C12H14ClNO3S2. The fourth-order valence-electron chi connectivity index (χ4n) is 1.29. The summed E-state index contributed by atoms with van der Waals surface area (Å²) in [6, 6.07) is 2.68. The van der Waals surface area contributed by atoms with Crippen LogP contribution in [0.4, 0.5) is 0 Å². The molecule has 1 aromatic rings. The number of amides is 1. The first-order chi connectivity index (χ1) is 9.02. The van der Waals surface area contributed by atoms with Gasteiger partial charge in [0.1, 0.15) is 6.04 Å². The Morgan fingerprint density at radius 3 is 2.84 bits per heavy atom. The summed E-state index contributed by atoms with van der Waals surface area (Å²) in [5.41, 5.74) is 0. The van der Waals surface area contributed by atoms with Crippen LogP contribution < -0.4 is 5.32 Å². The Labute approximate surface area is 124 Å². The quantitative estimate of drug-likeness (QED) is 0.758. The summed E-state index contributed by atoms with van der Waals surface area (Å²) in [5, 5.41) is 11.4. The van der Waals surface area contributed by atoms with Gasteiger partial charge in [0.2, 0.25) is 5.91 Å². The molecule has 0 saturated heterocycles. The molecule has 19 heavy (non-hydrogen) atoms. The van der Waals surface area contributed by atoms with Crippen molar-refractivity contribution in [3.05, 3.63) is 27.4 Å². The summed E-state index contributed by atoms with van der Waals surface area (Å²) in [6.07, 6.45) is 5.22. The second kappa shape index (κ2) is 8.24. The number of halogens is 1. The molecule has 0 bridgehead atoms. The van der Waals surface area contributed by atoms with Crippen LogP contribution >= 0.6 is 34.7 Å². The van der Waals surface area contributed by atoms with Gasteiger partial charge in [0.05, 0.1) is 4.34 Å². The molecule has 1 unspecified atom stereocenters. The van der Waals surface area contributed by atoms with E-state index in [0.717, 1.165) is 4.88 Å². The van der Waals surface area contributed by atoms with E-state index in [1.165, 1.54) is 17.4 Å². The molecule has 1 aromatic heterocycles. The summed E-state index contributed by atoms with van der Waals surface area (Å²) < 4.78 is 0.642. The van der Waals surface area contributed by atoms with Gasteiger partial charge in [-0.1, -0.05) is 11.6 Å². The molecule has 0 saturated carbocycles. The van der Waals surface area contributed by atoms with Crippen LogP contribution in [-0.2, 0) is 9.59 Å². The fraction of sp³-hybridized carbons (Fsp3) is 0.333. The maximum absolute atomic E-state index is 11.6. The lowest BCUT2D eigenvalue weighted by Gasteiger charge is -2.12. The van der Waals surface area contributed by atoms with Gasteiger partial charge < -0.3 is 10.4 Å². The zero-order chi connectivity index (χ0) is 14.3. The van der Waals surface area contributed by atoms with Gasteiger partial charge in [-0.2, -0.15) is 11.8 Å². The second-order valence-corrected chi connectivity index (χ2v) is 6.39. The van der Waals surface area contributed by atoms with Crippen LogP contribution in [0.5, 0.6) is 0 Å². The highest BCUT2D eigenvalue weighted by atomic mass is 35.5. The average Bonchev–Trinajstić information content (AvgIpc) is 2.77. The molecule has 1 atom stereocenters. The average molecular weight is 320 g/mol. The van der Waals surface area contributed by atoms with E-state index in [1.807, 2.05) is 6.26 Å². The Kier molecular flexibility index (Phi) is 6.97. The van der Waals surface area contributed by atoms with Crippen molar-refractivity contribution in [3.63, 3.8) is 0 Å². The minimum absolute atomic E-state index is 0.404. The lowest BCUT2D eigenvalue weighted by Crippen LogP contribution is -2.40. The Balaban J connectivity index is 2.52. The highest BCUT2D eigenvalue weighted by Gasteiger charge is 2.17. The molecule has 1 rings (SSSR count). The van der Waals surface area contributed by atoms with Crippen LogP contribution in [0, 0.1) is 0 Å². The third kappa shape index (κ3) is 6.13. The van der Waals surface area contributed by atoms with Crippen molar-refractivity contribution in [1.82, 2.24) is 5.32 Å². The molecule has 0 aromatic carbocycles. The number of rotatable bonds is 7. The number of thiophene rings is 1. The molecule has 0 aliphatic rings. The molecule has 0 radical (unpaired) electrons. The van der Waals surface area contributed by atoms with E-state index in [1.54, 1.807) is 30.0 Å². The van der Waals surface area contributed by atoms with Crippen molar-refractivity contribution in [2.75, 3.05) is 12.0 Å². The number of carboxylic acid groups (broad SMARTS) is 1. The maximum atomic E-state index is 11.6. The van der Waals surface area contributed by atoms with E-state index >= 15 is 0 Å². The number of nitrogens with one attached hydrogen (secondary N) is 1. The number of hydrogen-bond acceptors (Lipinski definition) is 4. The van der Waals surface area contributed by atoms with E-state index in [9.17, 15) is 9.59 Å². The van der Waals surface area contributed by atoms with Gasteiger partial charge in [-0.3, -0.25) is 4.79 Å². The number of carbonyl (C=O) groups is 2. The maximum Gasteiger partial charge on any atom is 0.326 e. The third-order valence-electron chi connectivity index (χ3n) is 2.22. The molecule has 1 heterocycles. The molecule has 0 spiro atoms. The minimum Gasteiger partial charge on any atom is -0.480 e. The third-order valence-corrected chi connectivity index (χ3v) is 4.06. The number of hydrogen-bond donors (Lipinski definition) is 2. The Morgan fingerprint density at radius 1 is 1.58 bits per heavy atom. The zero-order valence-corrected chi connectivity index (χ0v) is 12.6. The summed E-state index contributed by atoms with van der Waals surface area (Å²) in [7, 11) is 0. The number of carbonyl (C=O) groups excluding carboxylic acids is 1. The largest absolute Gasteiger partial charge is 0.480 e. The second-order valence-electron chi connectivity index (χ2n) is 3.66. The van der Waals surface area contributed by atoms with Gasteiger partial charge in [-0.25, -0.2) is 4.79 Å². The Bertz CT molecular complexity index is 473. The SMILES string of the molecule is CSCCC(NC(=O)/C=C/c1ccc(Cl)s1)C(=O)O. The molecular weight excluding hydrogens is 306 g/mol. The van der Waals surface area contributed by atoms with Crippen LogP contribution in [0.3, 0.4) is 0 Å². The predicted octanol–water partition coefficient (Wildman–Crippen LogP) is 2.74. The monoisotopic (exact) mass is 319 g/mol.